The molecule has 156 valence electrons. The number of hydrogen-bond donors (Lipinski definition) is 2. The molecule has 6 nitrogen and oxygen atoms in total. The van der Waals surface area contributed by atoms with Crippen molar-refractivity contribution in [1.29, 1.82) is 0 Å². The van der Waals surface area contributed by atoms with E-state index in [9.17, 15) is 9.59 Å². The van der Waals surface area contributed by atoms with Crippen LogP contribution in [0.2, 0.25) is 5.02 Å². The van der Waals surface area contributed by atoms with Crippen LogP contribution in [-0.4, -0.2) is 28.1 Å². The van der Waals surface area contributed by atoms with E-state index >= 15 is 0 Å². The number of nitrogens with one attached hydrogen (secondary N) is 2. The molecule has 1 aromatic heterocycles. The molecule has 2 amide bonds. The number of carbonyl (C=O) groups is 2. The van der Waals surface area contributed by atoms with Crippen molar-refractivity contribution in [1.82, 2.24) is 15.1 Å². The molecule has 0 fully saturated rings. The van der Waals surface area contributed by atoms with E-state index in [1.165, 1.54) is 0 Å². The van der Waals surface area contributed by atoms with Gasteiger partial charge in [0.1, 0.15) is 0 Å². The third-order valence-corrected chi connectivity index (χ3v) is 5.48. The van der Waals surface area contributed by atoms with E-state index in [0.717, 1.165) is 39.5 Å². The van der Waals surface area contributed by atoms with Gasteiger partial charge in [-0.15, -0.1) is 0 Å². The van der Waals surface area contributed by atoms with Gasteiger partial charge in [0.05, 0.1) is 28.6 Å². The molecule has 1 heterocycles. The van der Waals surface area contributed by atoms with Gasteiger partial charge < -0.3 is 10.6 Å². The van der Waals surface area contributed by atoms with E-state index in [1.807, 2.05) is 46.8 Å². The predicted molar refractivity (Wildman–Crippen MR) is 120 cm³/mol. The minimum Gasteiger partial charge on any atom is -0.343 e. The summed E-state index contributed by atoms with van der Waals surface area (Å²) in [4.78, 5) is 24.7. The number of amides is 2. The van der Waals surface area contributed by atoms with Crippen molar-refractivity contribution in [2.75, 3.05) is 11.9 Å². The Balaban J connectivity index is 1.62. The SMILES string of the molecule is Cc1cc(C)c(NC(=O)CNC(=O)c2ccc(-n3nc(C)c(Cl)c3C)cc2)c(C)c1. The monoisotopic (exact) mass is 424 g/mol. The summed E-state index contributed by atoms with van der Waals surface area (Å²) in [5.41, 5.74) is 6.77. The second-order valence-corrected chi connectivity index (χ2v) is 7.83. The van der Waals surface area contributed by atoms with Gasteiger partial charge in [0.15, 0.2) is 0 Å². The second kappa shape index (κ2) is 8.71. The van der Waals surface area contributed by atoms with Gasteiger partial charge in [-0.25, -0.2) is 4.68 Å². The number of benzene rings is 2. The highest BCUT2D eigenvalue weighted by Crippen LogP contribution is 2.23. The highest BCUT2D eigenvalue weighted by atomic mass is 35.5. The average Bonchev–Trinajstić information content (AvgIpc) is 2.96. The van der Waals surface area contributed by atoms with Gasteiger partial charge in [0.2, 0.25) is 5.91 Å². The first-order valence-corrected chi connectivity index (χ1v) is 10.0. The Morgan fingerprint density at radius 1 is 1.00 bits per heavy atom. The zero-order valence-electron chi connectivity index (χ0n) is 17.8. The first-order valence-electron chi connectivity index (χ1n) is 9.65. The number of hydrogen-bond acceptors (Lipinski definition) is 3. The lowest BCUT2D eigenvalue weighted by atomic mass is 10.1. The van der Waals surface area contributed by atoms with Crippen LogP contribution in [0.3, 0.4) is 0 Å². The smallest absolute Gasteiger partial charge is 0.251 e. The van der Waals surface area contributed by atoms with Crippen molar-refractivity contribution >= 4 is 29.1 Å². The van der Waals surface area contributed by atoms with Crippen LogP contribution in [0.15, 0.2) is 36.4 Å². The molecule has 0 saturated heterocycles. The van der Waals surface area contributed by atoms with E-state index in [0.29, 0.717) is 10.6 Å². The Morgan fingerprint density at radius 3 is 2.13 bits per heavy atom. The summed E-state index contributed by atoms with van der Waals surface area (Å²) in [6.07, 6.45) is 0. The lowest BCUT2D eigenvalue weighted by Crippen LogP contribution is -2.33. The maximum atomic E-state index is 12.4. The maximum absolute atomic E-state index is 12.4. The fourth-order valence-corrected chi connectivity index (χ4v) is 3.57. The second-order valence-electron chi connectivity index (χ2n) is 7.45. The van der Waals surface area contributed by atoms with Crippen molar-refractivity contribution in [3.05, 3.63) is 75.1 Å². The van der Waals surface area contributed by atoms with Crippen LogP contribution in [0.1, 0.15) is 38.4 Å². The summed E-state index contributed by atoms with van der Waals surface area (Å²) in [5.74, 6) is -0.590. The van der Waals surface area contributed by atoms with Gasteiger partial charge in [0, 0.05) is 11.3 Å². The fourth-order valence-electron chi connectivity index (χ4n) is 3.45. The van der Waals surface area contributed by atoms with Gasteiger partial charge in [-0.3, -0.25) is 9.59 Å². The van der Waals surface area contributed by atoms with Crippen molar-refractivity contribution in [3.8, 4) is 5.69 Å². The molecule has 30 heavy (non-hydrogen) atoms. The van der Waals surface area contributed by atoms with Crippen LogP contribution in [0, 0.1) is 34.6 Å². The van der Waals surface area contributed by atoms with Gasteiger partial charge in [-0.2, -0.15) is 5.10 Å². The quantitative estimate of drug-likeness (QED) is 0.635. The maximum Gasteiger partial charge on any atom is 0.251 e. The van der Waals surface area contributed by atoms with Gasteiger partial charge in [-0.05, 0) is 70.0 Å². The number of rotatable bonds is 5. The molecule has 3 rings (SSSR count). The minimum absolute atomic E-state index is 0.111. The van der Waals surface area contributed by atoms with E-state index in [2.05, 4.69) is 15.7 Å². The van der Waals surface area contributed by atoms with Gasteiger partial charge in [-0.1, -0.05) is 29.3 Å². The summed E-state index contributed by atoms with van der Waals surface area (Å²) in [6.45, 7) is 9.54. The average molecular weight is 425 g/mol. The summed E-state index contributed by atoms with van der Waals surface area (Å²) in [6, 6.07) is 11.0. The number of aryl methyl sites for hydroxylation is 4. The third-order valence-electron chi connectivity index (χ3n) is 4.93. The lowest BCUT2D eigenvalue weighted by molar-refractivity contribution is -0.115. The molecule has 7 heteroatoms. The van der Waals surface area contributed by atoms with E-state index in [-0.39, 0.29) is 18.4 Å². The molecular weight excluding hydrogens is 400 g/mol. The largest absolute Gasteiger partial charge is 0.343 e. The lowest BCUT2D eigenvalue weighted by Gasteiger charge is -2.13. The number of anilines is 1. The normalized spacial score (nSPS) is 10.7. The minimum atomic E-state index is -0.319. The molecule has 0 atom stereocenters. The Hall–Kier alpha value is -3.12. The molecule has 0 saturated carbocycles. The van der Waals surface area contributed by atoms with Crippen LogP contribution < -0.4 is 10.6 Å². The van der Waals surface area contributed by atoms with Gasteiger partial charge >= 0.3 is 0 Å². The molecule has 0 unspecified atom stereocenters. The predicted octanol–water partition coefficient (Wildman–Crippen LogP) is 4.44. The first-order chi connectivity index (χ1) is 14.2. The Morgan fingerprint density at radius 2 is 1.60 bits per heavy atom. The zero-order chi connectivity index (χ0) is 22.0. The van der Waals surface area contributed by atoms with Crippen molar-refractivity contribution < 1.29 is 9.59 Å². The Bertz CT molecular complexity index is 1090. The van der Waals surface area contributed by atoms with Crippen molar-refractivity contribution in [2.45, 2.75) is 34.6 Å². The molecule has 0 radical (unpaired) electrons. The Kier molecular flexibility index (Phi) is 6.27. The first kappa shape index (κ1) is 21.6. The molecule has 3 aromatic rings. The molecule has 0 aliphatic heterocycles. The molecule has 0 bridgehead atoms. The Labute approximate surface area is 181 Å². The molecule has 2 N–H and O–H groups in total. The number of carbonyl (C=O) groups excluding carboxylic acids is 2. The van der Waals surface area contributed by atoms with E-state index in [4.69, 9.17) is 11.6 Å². The molecule has 2 aromatic carbocycles. The fraction of sp³-hybridized carbons (Fsp3) is 0.261. The molecule has 0 aliphatic rings. The summed E-state index contributed by atoms with van der Waals surface area (Å²) < 4.78 is 1.74. The topological polar surface area (TPSA) is 76.0 Å². The number of halogens is 1. The van der Waals surface area contributed by atoms with Crippen molar-refractivity contribution in [2.24, 2.45) is 0 Å². The third kappa shape index (κ3) is 4.54. The highest BCUT2D eigenvalue weighted by molar-refractivity contribution is 6.31. The van der Waals surface area contributed by atoms with E-state index in [1.54, 1.807) is 28.9 Å². The number of nitrogens with zero attached hydrogens (tertiary/aromatic N) is 2. The van der Waals surface area contributed by atoms with E-state index < -0.39 is 0 Å². The summed E-state index contributed by atoms with van der Waals surface area (Å²) >= 11 is 6.20. The van der Waals surface area contributed by atoms with Crippen molar-refractivity contribution in [3.63, 3.8) is 0 Å². The summed E-state index contributed by atoms with van der Waals surface area (Å²) in [5, 5.41) is 10.6. The van der Waals surface area contributed by atoms with Crippen LogP contribution in [-0.2, 0) is 4.79 Å². The zero-order valence-corrected chi connectivity index (χ0v) is 18.5. The highest BCUT2D eigenvalue weighted by Gasteiger charge is 2.13. The summed E-state index contributed by atoms with van der Waals surface area (Å²) in [7, 11) is 0. The van der Waals surface area contributed by atoms with Gasteiger partial charge in [0.25, 0.3) is 5.91 Å². The van der Waals surface area contributed by atoms with Crippen LogP contribution in [0.25, 0.3) is 5.69 Å². The van der Waals surface area contributed by atoms with Crippen LogP contribution in [0.5, 0.6) is 0 Å². The van der Waals surface area contributed by atoms with Crippen LogP contribution in [0.4, 0.5) is 5.69 Å². The standard InChI is InChI=1S/C23H25ClN4O2/c1-13-10-14(2)22(15(3)11-13)26-20(29)12-25-23(30)18-6-8-19(9-7-18)28-17(5)21(24)16(4)27-28/h6-11H,12H2,1-5H3,(H,25,30)(H,26,29). The molecule has 0 spiro atoms. The van der Waals surface area contributed by atoms with Crippen LogP contribution >= 0.6 is 11.6 Å². The molecule has 0 aliphatic carbocycles. The number of aromatic nitrogens is 2. The molecular formula is C23H25ClN4O2.